The first kappa shape index (κ1) is 15.0. The standard InChI is InChI=1S/C16H24N2O2S/c1-3-12-5-7-16(11(12)2)18-21(19,20)15-6-4-13-9-17-10-14(13)8-15/h4,6,8,11-12,16-18H,3,5,7,9-10H2,1-2H3. The molecular weight excluding hydrogens is 284 g/mol. The van der Waals surface area contributed by atoms with Crippen LogP contribution in [0.2, 0.25) is 0 Å². The van der Waals surface area contributed by atoms with Gasteiger partial charge in [-0.25, -0.2) is 13.1 Å². The van der Waals surface area contributed by atoms with Crippen LogP contribution in [-0.4, -0.2) is 14.5 Å². The van der Waals surface area contributed by atoms with E-state index in [0.29, 0.717) is 16.7 Å². The molecule has 21 heavy (non-hydrogen) atoms. The third kappa shape index (κ3) is 2.87. The molecular formula is C16H24N2O2S. The lowest BCUT2D eigenvalue weighted by Gasteiger charge is -2.21. The molecule has 1 aliphatic heterocycles. The zero-order valence-electron chi connectivity index (χ0n) is 12.7. The van der Waals surface area contributed by atoms with Gasteiger partial charge in [0.15, 0.2) is 0 Å². The molecule has 1 aromatic rings. The molecule has 0 saturated heterocycles. The minimum atomic E-state index is -3.41. The molecule has 0 amide bonds. The average molecular weight is 308 g/mol. The van der Waals surface area contributed by atoms with Crippen molar-refractivity contribution in [1.29, 1.82) is 0 Å². The molecule has 1 saturated carbocycles. The molecule has 1 aromatic carbocycles. The summed E-state index contributed by atoms with van der Waals surface area (Å²) >= 11 is 0. The first-order valence-corrected chi connectivity index (χ1v) is 9.34. The topological polar surface area (TPSA) is 58.2 Å². The third-order valence-electron chi connectivity index (χ3n) is 5.18. The van der Waals surface area contributed by atoms with Crippen LogP contribution < -0.4 is 10.0 Å². The maximum Gasteiger partial charge on any atom is 0.240 e. The van der Waals surface area contributed by atoms with Gasteiger partial charge in [-0.05, 0) is 47.9 Å². The fourth-order valence-corrected chi connectivity index (χ4v) is 5.11. The van der Waals surface area contributed by atoms with Gasteiger partial charge in [0.2, 0.25) is 10.0 Å². The van der Waals surface area contributed by atoms with Gasteiger partial charge >= 0.3 is 0 Å². The Balaban J connectivity index is 1.78. The molecule has 0 bridgehead atoms. The Labute approximate surface area is 127 Å². The van der Waals surface area contributed by atoms with Crippen molar-refractivity contribution < 1.29 is 8.42 Å². The molecule has 2 aliphatic rings. The van der Waals surface area contributed by atoms with Gasteiger partial charge in [-0.15, -0.1) is 0 Å². The maximum atomic E-state index is 12.6. The largest absolute Gasteiger partial charge is 0.309 e. The lowest BCUT2D eigenvalue weighted by atomic mass is 9.94. The first-order chi connectivity index (χ1) is 10.0. The van der Waals surface area contributed by atoms with E-state index in [1.54, 1.807) is 6.07 Å². The van der Waals surface area contributed by atoms with Crippen molar-refractivity contribution in [3.8, 4) is 0 Å². The van der Waals surface area contributed by atoms with Gasteiger partial charge in [0.25, 0.3) is 0 Å². The number of sulfonamides is 1. The summed E-state index contributed by atoms with van der Waals surface area (Å²) in [6, 6.07) is 5.54. The number of hydrogen-bond donors (Lipinski definition) is 2. The second-order valence-electron chi connectivity index (χ2n) is 6.37. The lowest BCUT2D eigenvalue weighted by molar-refractivity contribution is 0.368. The molecule has 0 aromatic heterocycles. The van der Waals surface area contributed by atoms with Crippen LogP contribution in [0.3, 0.4) is 0 Å². The molecule has 3 rings (SSSR count). The number of nitrogens with one attached hydrogen (secondary N) is 2. The minimum absolute atomic E-state index is 0.0753. The third-order valence-corrected chi connectivity index (χ3v) is 6.66. The second-order valence-corrected chi connectivity index (χ2v) is 8.08. The van der Waals surface area contributed by atoms with Crippen LogP contribution in [0, 0.1) is 11.8 Å². The van der Waals surface area contributed by atoms with Crippen LogP contribution in [0.25, 0.3) is 0 Å². The summed E-state index contributed by atoms with van der Waals surface area (Å²) in [6.07, 6.45) is 3.20. The summed E-state index contributed by atoms with van der Waals surface area (Å²) in [6.45, 7) is 5.95. The average Bonchev–Trinajstić information content (AvgIpc) is 3.05. The summed E-state index contributed by atoms with van der Waals surface area (Å²) in [7, 11) is -3.41. The lowest BCUT2D eigenvalue weighted by Crippen LogP contribution is -2.37. The van der Waals surface area contributed by atoms with E-state index in [4.69, 9.17) is 0 Å². The van der Waals surface area contributed by atoms with E-state index in [1.807, 2.05) is 12.1 Å². The summed E-state index contributed by atoms with van der Waals surface area (Å²) in [5.41, 5.74) is 2.30. The van der Waals surface area contributed by atoms with E-state index in [0.717, 1.165) is 37.9 Å². The fourth-order valence-electron chi connectivity index (χ4n) is 3.70. The molecule has 1 fully saturated rings. The van der Waals surface area contributed by atoms with Crippen LogP contribution in [0.1, 0.15) is 44.2 Å². The highest BCUT2D eigenvalue weighted by molar-refractivity contribution is 7.89. The van der Waals surface area contributed by atoms with Crippen molar-refractivity contribution in [3.05, 3.63) is 29.3 Å². The highest BCUT2D eigenvalue weighted by atomic mass is 32.2. The number of fused-ring (bicyclic) bond motifs is 1. The van der Waals surface area contributed by atoms with E-state index in [2.05, 4.69) is 23.9 Å². The van der Waals surface area contributed by atoms with Crippen molar-refractivity contribution in [3.63, 3.8) is 0 Å². The maximum absolute atomic E-state index is 12.6. The second kappa shape index (κ2) is 5.71. The smallest absolute Gasteiger partial charge is 0.240 e. The summed E-state index contributed by atoms with van der Waals surface area (Å²) in [5.74, 6) is 1.06. The zero-order chi connectivity index (χ0) is 15.0. The van der Waals surface area contributed by atoms with Gasteiger partial charge in [-0.2, -0.15) is 0 Å². The number of rotatable bonds is 4. The quantitative estimate of drug-likeness (QED) is 0.898. The van der Waals surface area contributed by atoms with Crippen molar-refractivity contribution in [1.82, 2.24) is 10.0 Å². The van der Waals surface area contributed by atoms with E-state index in [9.17, 15) is 8.42 Å². The van der Waals surface area contributed by atoms with Gasteiger partial charge in [0.1, 0.15) is 0 Å². The van der Waals surface area contributed by atoms with Gasteiger partial charge in [0, 0.05) is 19.1 Å². The normalized spacial score (nSPS) is 28.8. The monoisotopic (exact) mass is 308 g/mol. The number of hydrogen-bond acceptors (Lipinski definition) is 3. The van der Waals surface area contributed by atoms with E-state index >= 15 is 0 Å². The predicted molar refractivity (Wildman–Crippen MR) is 83.3 cm³/mol. The van der Waals surface area contributed by atoms with Crippen LogP contribution in [-0.2, 0) is 23.1 Å². The summed E-state index contributed by atoms with van der Waals surface area (Å²) < 4.78 is 28.1. The SMILES string of the molecule is CCC1CCC(NS(=O)(=O)c2ccc3c(c2)CNC3)C1C. The molecule has 5 heteroatoms. The Kier molecular flexibility index (Phi) is 4.08. The molecule has 1 aliphatic carbocycles. The molecule has 116 valence electrons. The Hall–Kier alpha value is -0.910. The Morgan fingerprint density at radius 3 is 2.71 bits per heavy atom. The van der Waals surface area contributed by atoms with E-state index < -0.39 is 10.0 Å². The van der Waals surface area contributed by atoms with Crippen molar-refractivity contribution in [2.75, 3.05) is 0 Å². The molecule has 3 unspecified atom stereocenters. The van der Waals surface area contributed by atoms with Crippen LogP contribution in [0.15, 0.2) is 23.1 Å². The van der Waals surface area contributed by atoms with Gasteiger partial charge in [-0.3, -0.25) is 0 Å². The molecule has 0 radical (unpaired) electrons. The highest BCUT2D eigenvalue weighted by Crippen LogP contribution is 2.34. The zero-order valence-corrected chi connectivity index (χ0v) is 13.5. The van der Waals surface area contributed by atoms with Crippen molar-refractivity contribution >= 4 is 10.0 Å². The van der Waals surface area contributed by atoms with Crippen LogP contribution in [0.5, 0.6) is 0 Å². The molecule has 2 N–H and O–H groups in total. The minimum Gasteiger partial charge on any atom is -0.309 e. The Morgan fingerprint density at radius 2 is 2.00 bits per heavy atom. The first-order valence-electron chi connectivity index (χ1n) is 7.86. The summed E-state index contributed by atoms with van der Waals surface area (Å²) in [5, 5.41) is 3.24. The van der Waals surface area contributed by atoms with Crippen molar-refractivity contribution in [2.24, 2.45) is 11.8 Å². The van der Waals surface area contributed by atoms with E-state index in [1.165, 1.54) is 5.56 Å². The van der Waals surface area contributed by atoms with Crippen LogP contribution in [0.4, 0.5) is 0 Å². The van der Waals surface area contributed by atoms with Crippen LogP contribution >= 0.6 is 0 Å². The van der Waals surface area contributed by atoms with Gasteiger partial charge < -0.3 is 5.32 Å². The highest BCUT2D eigenvalue weighted by Gasteiger charge is 2.34. The molecule has 0 spiro atoms. The van der Waals surface area contributed by atoms with E-state index in [-0.39, 0.29) is 6.04 Å². The van der Waals surface area contributed by atoms with Crippen molar-refractivity contribution in [2.45, 2.75) is 57.1 Å². The fraction of sp³-hybridized carbons (Fsp3) is 0.625. The molecule has 4 nitrogen and oxygen atoms in total. The van der Waals surface area contributed by atoms with Gasteiger partial charge in [-0.1, -0.05) is 26.3 Å². The Bertz CT molecular complexity index is 627. The predicted octanol–water partition coefficient (Wildman–Crippen LogP) is 2.39. The Morgan fingerprint density at radius 1 is 1.24 bits per heavy atom. The molecule has 1 heterocycles. The van der Waals surface area contributed by atoms with Gasteiger partial charge in [0.05, 0.1) is 4.90 Å². The molecule has 3 atom stereocenters. The number of benzene rings is 1. The summed E-state index contributed by atoms with van der Waals surface area (Å²) in [4.78, 5) is 0.400.